The molecule has 1 amide bonds. The average molecular weight is 359 g/mol. The van der Waals surface area contributed by atoms with Gasteiger partial charge in [0.05, 0.1) is 19.8 Å². The summed E-state index contributed by atoms with van der Waals surface area (Å²) in [5, 5.41) is 4.69. The maximum absolute atomic E-state index is 12.4. The van der Waals surface area contributed by atoms with Crippen molar-refractivity contribution in [3.63, 3.8) is 0 Å². The van der Waals surface area contributed by atoms with Gasteiger partial charge in [-0.25, -0.2) is 0 Å². The number of carbonyl (C=O) groups excluding carboxylic acids is 1. The fraction of sp³-hybridized carbons (Fsp3) is 0.211. The van der Waals surface area contributed by atoms with Crippen LogP contribution >= 0.6 is 11.6 Å². The van der Waals surface area contributed by atoms with Crippen LogP contribution in [0.2, 0.25) is 5.02 Å². The number of ether oxygens (including phenoxy) is 2. The summed E-state index contributed by atoms with van der Waals surface area (Å²) < 4.78 is 10.4. The van der Waals surface area contributed by atoms with Gasteiger partial charge in [0.1, 0.15) is 11.5 Å². The number of fused-ring (bicyclic) bond motifs is 1. The summed E-state index contributed by atoms with van der Waals surface area (Å²) in [5.74, 6) is 0.942. The first-order valence-corrected chi connectivity index (χ1v) is 8.26. The first-order valence-electron chi connectivity index (χ1n) is 7.88. The van der Waals surface area contributed by atoms with Crippen molar-refractivity contribution < 1.29 is 14.3 Å². The molecule has 1 heterocycles. The predicted octanol–water partition coefficient (Wildman–Crippen LogP) is 3.81. The Morgan fingerprint density at radius 3 is 2.76 bits per heavy atom. The van der Waals surface area contributed by atoms with Gasteiger partial charge < -0.3 is 19.8 Å². The molecular formula is C19H19ClN2O3. The number of hydrogen-bond acceptors (Lipinski definition) is 3. The molecule has 0 spiro atoms. The maximum atomic E-state index is 12.4. The third-order valence-corrected chi connectivity index (χ3v) is 4.30. The number of H-pyrrole nitrogens is 1. The lowest BCUT2D eigenvalue weighted by Gasteiger charge is -2.10. The molecule has 3 rings (SSSR count). The van der Waals surface area contributed by atoms with Crippen LogP contribution in [0.15, 0.2) is 42.6 Å². The van der Waals surface area contributed by atoms with E-state index in [0.717, 1.165) is 16.5 Å². The normalized spacial score (nSPS) is 10.7. The standard InChI is InChI=1S/C19H19ClN2O3/c1-24-14-4-5-15(18(10-14)25-2)19(23)21-8-7-12-11-22-17-6-3-13(20)9-16(12)17/h3-6,9-11,22H,7-8H2,1-2H3,(H,21,23). The SMILES string of the molecule is COc1ccc(C(=O)NCCc2c[nH]c3ccc(Cl)cc23)c(OC)c1. The van der Waals surface area contributed by atoms with Gasteiger partial charge in [-0.3, -0.25) is 4.79 Å². The van der Waals surface area contributed by atoms with Gasteiger partial charge in [-0.1, -0.05) is 11.6 Å². The summed E-state index contributed by atoms with van der Waals surface area (Å²) >= 11 is 6.06. The largest absolute Gasteiger partial charge is 0.497 e. The number of carbonyl (C=O) groups is 1. The fourth-order valence-electron chi connectivity index (χ4n) is 2.75. The zero-order valence-corrected chi connectivity index (χ0v) is 14.8. The van der Waals surface area contributed by atoms with Crippen molar-refractivity contribution in [2.24, 2.45) is 0 Å². The van der Waals surface area contributed by atoms with E-state index in [9.17, 15) is 4.79 Å². The van der Waals surface area contributed by atoms with Crippen LogP contribution in [0.5, 0.6) is 11.5 Å². The lowest BCUT2D eigenvalue weighted by Crippen LogP contribution is -2.26. The van der Waals surface area contributed by atoms with E-state index in [1.165, 1.54) is 7.11 Å². The minimum atomic E-state index is -0.183. The maximum Gasteiger partial charge on any atom is 0.255 e. The predicted molar refractivity (Wildman–Crippen MR) is 98.9 cm³/mol. The molecule has 2 aromatic carbocycles. The lowest BCUT2D eigenvalue weighted by atomic mass is 10.1. The third-order valence-electron chi connectivity index (χ3n) is 4.06. The number of amides is 1. The van der Waals surface area contributed by atoms with Gasteiger partial charge in [0.25, 0.3) is 5.91 Å². The molecule has 5 nitrogen and oxygen atoms in total. The number of halogens is 1. The molecule has 0 atom stereocenters. The molecule has 0 unspecified atom stereocenters. The van der Waals surface area contributed by atoms with Crippen molar-refractivity contribution in [1.29, 1.82) is 0 Å². The van der Waals surface area contributed by atoms with Crippen LogP contribution in [-0.2, 0) is 6.42 Å². The Morgan fingerprint density at radius 1 is 1.16 bits per heavy atom. The Bertz CT molecular complexity index is 905. The van der Waals surface area contributed by atoms with E-state index in [4.69, 9.17) is 21.1 Å². The quantitative estimate of drug-likeness (QED) is 0.704. The Balaban J connectivity index is 1.67. The Morgan fingerprint density at radius 2 is 2.00 bits per heavy atom. The van der Waals surface area contributed by atoms with Crippen LogP contribution in [0.4, 0.5) is 0 Å². The van der Waals surface area contributed by atoms with Crippen molar-refractivity contribution in [3.8, 4) is 11.5 Å². The summed E-state index contributed by atoms with van der Waals surface area (Å²) in [6, 6.07) is 10.8. The number of aromatic amines is 1. The van der Waals surface area contributed by atoms with Gasteiger partial charge in [-0.05, 0) is 42.3 Å². The van der Waals surface area contributed by atoms with Gasteiger partial charge in [-0.2, -0.15) is 0 Å². The number of benzene rings is 2. The Kier molecular flexibility index (Phi) is 5.14. The summed E-state index contributed by atoms with van der Waals surface area (Å²) in [4.78, 5) is 15.6. The highest BCUT2D eigenvalue weighted by Crippen LogP contribution is 2.25. The minimum Gasteiger partial charge on any atom is -0.497 e. The summed E-state index contributed by atoms with van der Waals surface area (Å²) in [7, 11) is 3.10. The first-order chi connectivity index (χ1) is 12.1. The van der Waals surface area contributed by atoms with E-state index in [1.807, 2.05) is 24.4 Å². The van der Waals surface area contributed by atoms with Crippen molar-refractivity contribution in [3.05, 3.63) is 58.7 Å². The molecule has 0 fully saturated rings. The minimum absolute atomic E-state index is 0.183. The second kappa shape index (κ2) is 7.49. The molecule has 0 aliphatic carbocycles. The van der Waals surface area contributed by atoms with Crippen LogP contribution in [-0.4, -0.2) is 31.7 Å². The molecule has 2 N–H and O–H groups in total. The number of methoxy groups -OCH3 is 2. The molecule has 1 aromatic heterocycles. The summed E-state index contributed by atoms with van der Waals surface area (Å²) in [6.45, 7) is 0.507. The molecule has 6 heteroatoms. The topological polar surface area (TPSA) is 63.3 Å². The molecule has 3 aromatic rings. The van der Waals surface area contributed by atoms with Crippen LogP contribution in [0.25, 0.3) is 10.9 Å². The number of rotatable bonds is 6. The van der Waals surface area contributed by atoms with Gasteiger partial charge in [0.2, 0.25) is 0 Å². The number of nitrogens with one attached hydrogen (secondary N) is 2. The molecule has 0 saturated carbocycles. The number of hydrogen-bond donors (Lipinski definition) is 2. The van der Waals surface area contributed by atoms with E-state index < -0.39 is 0 Å². The van der Waals surface area contributed by atoms with Crippen LogP contribution < -0.4 is 14.8 Å². The van der Waals surface area contributed by atoms with Gasteiger partial charge in [0, 0.05) is 34.7 Å². The third kappa shape index (κ3) is 3.72. The highest BCUT2D eigenvalue weighted by molar-refractivity contribution is 6.31. The van der Waals surface area contributed by atoms with E-state index >= 15 is 0 Å². The molecule has 0 aliphatic heterocycles. The number of aromatic nitrogens is 1. The Hall–Kier alpha value is -2.66. The lowest BCUT2D eigenvalue weighted by molar-refractivity contribution is 0.0951. The first kappa shape index (κ1) is 17.2. The Labute approximate surface area is 150 Å². The van der Waals surface area contributed by atoms with Crippen LogP contribution in [0, 0.1) is 0 Å². The molecule has 0 radical (unpaired) electrons. The summed E-state index contributed by atoms with van der Waals surface area (Å²) in [6.07, 6.45) is 2.64. The second-order valence-corrected chi connectivity index (χ2v) is 6.01. The van der Waals surface area contributed by atoms with Gasteiger partial charge in [-0.15, -0.1) is 0 Å². The molecule has 130 valence electrons. The van der Waals surface area contributed by atoms with Crippen molar-refractivity contribution in [2.75, 3.05) is 20.8 Å². The zero-order valence-electron chi connectivity index (χ0n) is 14.1. The van der Waals surface area contributed by atoms with Gasteiger partial charge in [0.15, 0.2) is 0 Å². The highest BCUT2D eigenvalue weighted by Gasteiger charge is 2.13. The van der Waals surface area contributed by atoms with E-state index in [1.54, 1.807) is 25.3 Å². The zero-order chi connectivity index (χ0) is 17.8. The van der Waals surface area contributed by atoms with Gasteiger partial charge >= 0.3 is 0 Å². The van der Waals surface area contributed by atoms with Crippen molar-refractivity contribution >= 4 is 28.4 Å². The summed E-state index contributed by atoms with van der Waals surface area (Å²) in [5.41, 5.74) is 2.62. The highest BCUT2D eigenvalue weighted by atomic mass is 35.5. The second-order valence-electron chi connectivity index (χ2n) is 5.58. The van der Waals surface area contributed by atoms with E-state index in [0.29, 0.717) is 35.1 Å². The van der Waals surface area contributed by atoms with Crippen LogP contribution in [0.3, 0.4) is 0 Å². The molecule has 0 aliphatic rings. The van der Waals surface area contributed by atoms with E-state index in [2.05, 4.69) is 10.3 Å². The molecule has 0 bridgehead atoms. The smallest absolute Gasteiger partial charge is 0.255 e. The molecule has 0 saturated heterocycles. The van der Waals surface area contributed by atoms with E-state index in [-0.39, 0.29) is 5.91 Å². The molecule has 25 heavy (non-hydrogen) atoms. The van der Waals surface area contributed by atoms with Crippen LogP contribution in [0.1, 0.15) is 15.9 Å². The monoisotopic (exact) mass is 358 g/mol. The fourth-order valence-corrected chi connectivity index (χ4v) is 2.92. The van der Waals surface area contributed by atoms with Crippen molar-refractivity contribution in [2.45, 2.75) is 6.42 Å². The average Bonchev–Trinajstić information content (AvgIpc) is 3.03. The molecular weight excluding hydrogens is 340 g/mol. The van der Waals surface area contributed by atoms with Crippen molar-refractivity contribution in [1.82, 2.24) is 10.3 Å².